The van der Waals surface area contributed by atoms with Crippen LogP contribution >= 0.6 is 11.6 Å². The van der Waals surface area contributed by atoms with Crippen LogP contribution < -0.4 is 5.73 Å². The summed E-state index contributed by atoms with van der Waals surface area (Å²) in [6.45, 7) is 0.551. The molecule has 0 aliphatic carbocycles. The molecule has 1 heterocycles. The van der Waals surface area contributed by atoms with Gasteiger partial charge in [-0.05, 0) is 29.8 Å². The second kappa shape index (κ2) is 5.58. The zero-order chi connectivity index (χ0) is 14.8. The lowest BCUT2D eigenvalue weighted by Gasteiger charge is -2.02. The van der Waals surface area contributed by atoms with Crippen LogP contribution in [-0.2, 0) is 6.54 Å². The molecule has 21 heavy (non-hydrogen) atoms. The van der Waals surface area contributed by atoms with Crippen molar-refractivity contribution >= 4 is 17.3 Å². The third-order valence-electron chi connectivity index (χ3n) is 3.18. The predicted molar refractivity (Wildman–Crippen MR) is 82.6 cm³/mol. The summed E-state index contributed by atoms with van der Waals surface area (Å²) < 4.78 is 15.5. The molecule has 0 bridgehead atoms. The summed E-state index contributed by atoms with van der Waals surface area (Å²) in [6, 6.07) is 13.9. The van der Waals surface area contributed by atoms with Crippen LogP contribution in [0.4, 0.5) is 10.1 Å². The normalized spacial score (nSPS) is 10.8. The molecule has 3 aromatic rings. The molecule has 0 unspecified atom stereocenters. The van der Waals surface area contributed by atoms with Crippen LogP contribution in [0.5, 0.6) is 0 Å². The van der Waals surface area contributed by atoms with Gasteiger partial charge in [-0.25, -0.2) is 4.39 Å². The minimum absolute atomic E-state index is 0.332. The van der Waals surface area contributed by atoms with Gasteiger partial charge in [-0.1, -0.05) is 35.9 Å². The van der Waals surface area contributed by atoms with E-state index in [2.05, 4.69) is 5.10 Å². The van der Waals surface area contributed by atoms with Gasteiger partial charge in [0.25, 0.3) is 0 Å². The average Bonchev–Trinajstić information content (AvgIpc) is 2.83. The number of aromatic nitrogens is 2. The Morgan fingerprint density at radius 3 is 2.52 bits per heavy atom. The van der Waals surface area contributed by atoms with Gasteiger partial charge < -0.3 is 5.73 Å². The molecule has 2 aromatic carbocycles. The molecular formula is C16H13ClFN3. The highest BCUT2D eigenvalue weighted by Crippen LogP contribution is 2.26. The molecule has 0 saturated carbocycles. The van der Waals surface area contributed by atoms with Crippen molar-refractivity contribution in [3.63, 3.8) is 0 Å². The SMILES string of the molecule is Nc1cn(Cc2ccc(Cl)cc2)nc1-c1ccccc1F. The number of halogens is 2. The van der Waals surface area contributed by atoms with E-state index >= 15 is 0 Å². The molecule has 5 heteroatoms. The van der Waals surface area contributed by atoms with Crippen molar-refractivity contribution in [1.82, 2.24) is 9.78 Å². The van der Waals surface area contributed by atoms with E-state index in [4.69, 9.17) is 17.3 Å². The van der Waals surface area contributed by atoms with E-state index in [9.17, 15) is 4.39 Å². The van der Waals surface area contributed by atoms with Gasteiger partial charge in [-0.3, -0.25) is 4.68 Å². The summed E-state index contributed by atoms with van der Waals surface area (Å²) in [6.07, 6.45) is 1.70. The summed E-state index contributed by atoms with van der Waals surface area (Å²) in [4.78, 5) is 0. The van der Waals surface area contributed by atoms with Crippen LogP contribution in [0.3, 0.4) is 0 Å². The summed E-state index contributed by atoms with van der Waals surface area (Å²) in [5, 5.41) is 5.06. The standard InChI is InChI=1S/C16H13ClFN3/c17-12-7-5-11(6-8-12)9-21-10-15(19)16(20-21)13-3-1-2-4-14(13)18/h1-8,10H,9,19H2. The molecule has 2 N–H and O–H groups in total. The Kier molecular flexibility index (Phi) is 3.62. The zero-order valence-electron chi connectivity index (χ0n) is 11.1. The second-order valence-electron chi connectivity index (χ2n) is 4.74. The van der Waals surface area contributed by atoms with Gasteiger partial charge >= 0.3 is 0 Å². The van der Waals surface area contributed by atoms with Crippen LogP contribution in [0.2, 0.25) is 5.02 Å². The van der Waals surface area contributed by atoms with E-state index in [1.807, 2.05) is 24.3 Å². The molecule has 0 radical (unpaired) electrons. The van der Waals surface area contributed by atoms with Crippen molar-refractivity contribution in [2.75, 3.05) is 5.73 Å². The Morgan fingerprint density at radius 1 is 1.10 bits per heavy atom. The number of nitrogens with zero attached hydrogens (tertiary/aromatic N) is 2. The first kappa shape index (κ1) is 13.6. The molecule has 0 spiro atoms. The number of benzene rings is 2. The number of nitrogens with two attached hydrogens (primary N) is 1. The van der Waals surface area contributed by atoms with Crippen molar-refractivity contribution < 1.29 is 4.39 Å². The lowest BCUT2D eigenvalue weighted by molar-refractivity contribution is 0.629. The van der Waals surface area contributed by atoms with Gasteiger partial charge in [0, 0.05) is 16.8 Å². The second-order valence-corrected chi connectivity index (χ2v) is 5.17. The van der Waals surface area contributed by atoms with Crippen molar-refractivity contribution in [3.8, 4) is 11.3 Å². The number of hydrogen-bond acceptors (Lipinski definition) is 2. The Hall–Kier alpha value is -2.33. The number of anilines is 1. The molecule has 0 aliphatic rings. The van der Waals surface area contributed by atoms with E-state index in [0.717, 1.165) is 5.56 Å². The van der Waals surface area contributed by atoms with Crippen molar-refractivity contribution in [2.24, 2.45) is 0 Å². The van der Waals surface area contributed by atoms with E-state index in [-0.39, 0.29) is 5.82 Å². The van der Waals surface area contributed by atoms with Crippen LogP contribution in [0.15, 0.2) is 54.7 Å². The lowest BCUT2D eigenvalue weighted by Crippen LogP contribution is -2.00. The predicted octanol–water partition coefficient (Wildman–Crippen LogP) is 3.97. The fourth-order valence-electron chi connectivity index (χ4n) is 2.16. The van der Waals surface area contributed by atoms with Gasteiger partial charge in [0.1, 0.15) is 11.5 Å². The molecule has 0 atom stereocenters. The van der Waals surface area contributed by atoms with E-state index in [0.29, 0.717) is 28.5 Å². The van der Waals surface area contributed by atoms with Gasteiger partial charge in [0.15, 0.2) is 0 Å². The maximum atomic E-state index is 13.8. The maximum absolute atomic E-state index is 13.8. The first-order valence-electron chi connectivity index (χ1n) is 6.46. The highest BCUT2D eigenvalue weighted by atomic mass is 35.5. The summed E-state index contributed by atoms with van der Waals surface area (Å²) in [7, 11) is 0. The fourth-order valence-corrected chi connectivity index (χ4v) is 2.28. The number of rotatable bonds is 3. The van der Waals surface area contributed by atoms with E-state index in [1.165, 1.54) is 6.07 Å². The highest BCUT2D eigenvalue weighted by molar-refractivity contribution is 6.30. The molecule has 0 fully saturated rings. The lowest BCUT2D eigenvalue weighted by atomic mass is 10.1. The number of hydrogen-bond donors (Lipinski definition) is 1. The summed E-state index contributed by atoms with van der Waals surface area (Å²) >= 11 is 5.86. The van der Waals surface area contributed by atoms with Crippen LogP contribution in [0.1, 0.15) is 5.56 Å². The fraction of sp³-hybridized carbons (Fsp3) is 0.0625. The summed E-state index contributed by atoms with van der Waals surface area (Å²) in [5.74, 6) is -0.332. The number of nitrogen functional groups attached to an aromatic ring is 1. The van der Waals surface area contributed by atoms with Crippen LogP contribution in [0.25, 0.3) is 11.3 Å². The third kappa shape index (κ3) is 2.90. The molecule has 106 valence electrons. The van der Waals surface area contributed by atoms with Crippen molar-refractivity contribution in [3.05, 3.63) is 71.1 Å². The quantitative estimate of drug-likeness (QED) is 0.795. The molecule has 3 rings (SSSR count). The Labute approximate surface area is 126 Å². The Morgan fingerprint density at radius 2 is 1.81 bits per heavy atom. The monoisotopic (exact) mass is 301 g/mol. The first-order chi connectivity index (χ1) is 10.1. The van der Waals surface area contributed by atoms with E-state index < -0.39 is 0 Å². The molecule has 0 amide bonds. The van der Waals surface area contributed by atoms with Gasteiger partial charge in [-0.2, -0.15) is 5.10 Å². The molecule has 0 saturated heterocycles. The van der Waals surface area contributed by atoms with Gasteiger partial charge in [0.2, 0.25) is 0 Å². The molecule has 3 nitrogen and oxygen atoms in total. The molecular weight excluding hydrogens is 289 g/mol. The van der Waals surface area contributed by atoms with Crippen LogP contribution in [-0.4, -0.2) is 9.78 Å². The maximum Gasteiger partial charge on any atom is 0.132 e. The highest BCUT2D eigenvalue weighted by Gasteiger charge is 2.12. The minimum Gasteiger partial charge on any atom is -0.396 e. The Balaban J connectivity index is 1.91. The average molecular weight is 302 g/mol. The summed E-state index contributed by atoms with van der Waals surface area (Å²) in [5.41, 5.74) is 8.31. The van der Waals surface area contributed by atoms with Gasteiger partial charge in [-0.15, -0.1) is 0 Å². The molecule has 1 aromatic heterocycles. The topological polar surface area (TPSA) is 43.8 Å². The minimum atomic E-state index is -0.332. The zero-order valence-corrected chi connectivity index (χ0v) is 11.9. The smallest absolute Gasteiger partial charge is 0.132 e. The molecule has 0 aliphatic heterocycles. The Bertz CT molecular complexity index is 765. The first-order valence-corrected chi connectivity index (χ1v) is 6.83. The van der Waals surface area contributed by atoms with Crippen molar-refractivity contribution in [2.45, 2.75) is 6.54 Å². The van der Waals surface area contributed by atoms with Crippen LogP contribution in [0, 0.1) is 5.82 Å². The van der Waals surface area contributed by atoms with Gasteiger partial charge in [0.05, 0.1) is 12.2 Å². The third-order valence-corrected chi connectivity index (χ3v) is 3.43. The van der Waals surface area contributed by atoms with Crippen molar-refractivity contribution in [1.29, 1.82) is 0 Å². The largest absolute Gasteiger partial charge is 0.396 e. The van der Waals surface area contributed by atoms with E-state index in [1.54, 1.807) is 29.1 Å².